The number of rotatable bonds is 5. The van der Waals surface area contributed by atoms with Gasteiger partial charge in [-0.3, -0.25) is 4.79 Å². The number of furan rings is 1. The number of benzene rings is 1. The molecule has 1 N–H and O–H groups in total. The van der Waals surface area contributed by atoms with Gasteiger partial charge in [-0.25, -0.2) is 9.97 Å². The lowest BCUT2D eigenvalue weighted by molar-refractivity contribution is 0.0962. The number of carbonyl (C=O) groups excluding carboxylic acids is 1. The van der Waals surface area contributed by atoms with E-state index < -0.39 is 0 Å². The van der Waals surface area contributed by atoms with Gasteiger partial charge in [0.25, 0.3) is 0 Å². The van der Waals surface area contributed by atoms with Crippen molar-refractivity contribution in [3.05, 3.63) is 77.5 Å². The van der Waals surface area contributed by atoms with Gasteiger partial charge in [0.2, 0.25) is 5.95 Å². The maximum atomic E-state index is 12.4. The van der Waals surface area contributed by atoms with Crippen molar-refractivity contribution in [2.75, 3.05) is 11.9 Å². The first-order chi connectivity index (χ1) is 12.3. The molecular formula is C20H19N3O2. The highest BCUT2D eigenvalue weighted by Crippen LogP contribution is 2.31. The van der Waals surface area contributed by atoms with Crippen molar-refractivity contribution < 1.29 is 9.21 Å². The highest BCUT2D eigenvalue weighted by Gasteiger charge is 2.27. The van der Waals surface area contributed by atoms with Crippen molar-refractivity contribution in [3.8, 4) is 0 Å². The Morgan fingerprint density at radius 2 is 2.00 bits per heavy atom. The second-order valence-electron chi connectivity index (χ2n) is 6.25. The third kappa shape index (κ3) is 3.45. The summed E-state index contributed by atoms with van der Waals surface area (Å²) in [6.07, 6.45) is 5.37. The number of ketones is 1. The quantitative estimate of drug-likeness (QED) is 0.772. The number of nitrogens with zero attached hydrogens (tertiary/aromatic N) is 2. The summed E-state index contributed by atoms with van der Waals surface area (Å²) in [5.41, 5.74) is 2.68. The van der Waals surface area contributed by atoms with Crippen LogP contribution in [0.5, 0.6) is 0 Å². The van der Waals surface area contributed by atoms with Crippen molar-refractivity contribution in [1.82, 2.24) is 9.97 Å². The molecule has 1 aliphatic rings. The maximum Gasteiger partial charge on any atom is 0.222 e. The monoisotopic (exact) mass is 333 g/mol. The average molecular weight is 333 g/mol. The summed E-state index contributed by atoms with van der Waals surface area (Å²) < 4.78 is 5.31. The van der Waals surface area contributed by atoms with E-state index in [1.165, 1.54) is 5.56 Å². The number of fused-ring (bicyclic) bond motifs is 1. The van der Waals surface area contributed by atoms with Crippen LogP contribution in [0.15, 0.2) is 59.3 Å². The number of Topliss-reactive ketones (excluding diaryl/α,β-unsaturated/α-hetero) is 1. The van der Waals surface area contributed by atoms with E-state index in [1.54, 1.807) is 12.5 Å². The van der Waals surface area contributed by atoms with E-state index in [9.17, 15) is 4.79 Å². The third-order valence-corrected chi connectivity index (χ3v) is 4.55. The van der Waals surface area contributed by atoms with E-state index in [-0.39, 0.29) is 11.7 Å². The minimum absolute atomic E-state index is 0.122. The molecule has 25 heavy (non-hydrogen) atoms. The number of carbonyl (C=O) groups is 1. The first kappa shape index (κ1) is 15.6. The van der Waals surface area contributed by atoms with Crippen LogP contribution in [0.1, 0.15) is 39.7 Å². The molecule has 1 aliphatic carbocycles. The lowest BCUT2D eigenvalue weighted by Gasteiger charge is -2.23. The minimum Gasteiger partial charge on any atom is -0.469 e. The Kier molecular flexibility index (Phi) is 4.29. The molecule has 0 spiro atoms. The Bertz CT molecular complexity index is 860. The molecule has 126 valence electrons. The summed E-state index contributed by atoms with van der Waals surface area (Å²) in [6, 6.07) is 14.0. The fourth-order valence-electron chi connectivity index (χ4n) is 3.24. The Hall–Kier alpha value is -2.95. The highest BCUT2D eigenvalue weighted by molar-refractivity contribution is 5.98. The van der Waals surface area contributed by atoms with Gasteiger partial charge in [0, 0.05) is 25.6 Å². The van der Waals surface area contributed by atoms with Crippen LogP contribution in [0, 0.1) is 0 Å². The van der Waals surface area contributed by atoms with E-state index in [2.05, 4.69) is 27.4 Å². The molecule has 3 aromatic rings. The minimum atomic E-state index is 0.122. The average Bonchev–Trinajstić information content (AvgIpc) is 3.16. The summed E-state index contributed by atoms with van der Waals surface area (Å²) in [7, 11) is 0. The molecule has 0 aliphatic heterocycles. The van der Waals surface area contributed by atoms with Gasteiger partial charge in [-0.15, -0.1) is 0 Å². The first-order valence-corrected chi connectivity index (χ1v) is 8.50. The predicted octanol–water partition coefficient (Wildman–Crippen LogP) is 3.64. The normalized spacial score (nSPS) is 16.5. The van der Waals surface area contributed by atoms with Crippen molar-refractivity contribution >= 4 is 11.7 Å². The van der Waals surface area contributed by atoms with Crippen molar-refractivity contribution in [3.63, 3.8) is 0 Å². The number of hydrogen-bond acceptors (Lipinski definition) is 5. The molecule has 1 atom stereocenters. The van der Waals surface area contributed by atoms with Crippen molar-refractivity contribution in [1.29, 1.82) is 0 Å². The molecule has 0 bridgehead atoms. The van der Waals surface area contributed by atoms with Crippen LogP contribution in [0.3, 0.4) is 0 Å². The van der Waals surface area contributed by atoms with Crippen LogP contribution >= 0.6 is 0 Å². The molecule has 0 saturated carbocycles. The van der Waals surface area contributed by atoms with Gasteiger partial charge in [0.15, 0.2) is 5.78 Å². The fraction of sp³-hybridized carbons (Fsp3) is 0.250. The Balaban J connectivity index is 1.48. The zero-order chi connectivity index (χ0) is 17.1. The fourth-order valence-corrected chi connectivity index (χ4v) is 3.24. The molecule has 0 amide bonds. The largest absolute Gasteiger partial charge is 0.469 e. The topological polar surface area (TPSA) is 68.0 Å². The number of aromatic nitrogens is 2. The summed E-state index contributed by atoms with van der Waals surface area (Å²) in [6.45, 7) is 0.683. The molecule has 5 heteroatoms. The second kappa shape index (κ2) is 6.89. The first-order valence-electron chi connectivity index (χ1n) is 8.50. The van der Waals surface area contributed by atoms with E-state index in [0.717, 1.165) is 24.3 Å². The van der Waals surface area contributed by atoms with Crippen LogP contribution in [0.25, 0.3) is 0 Å². The third-order valence-electron chi connectivity index (χ3n) is 4.55. The van der Waals surface area contributed by atoms with Crippen molar-refractivity contribution in [2.24, 2.45) is 0 Å². The standard InChI is InChI=1S/C20H19N3O2/c24-19-12-15(14-5-2-1-3-6-14)11-18-17(19)13-22-20(23-18)21-9-8-16-7-4-10-25-16/h1-7,10,13,15H,8-9,11-12H2,(H,21,22,23). The lowest BCUT2D eigenvalue weighted by Crippen LogP contribution is -2.21. The van der Waals surface area contributed by atoms with Gasteiger partial charge in [0.05, 0.1) is 17.5 Å². The molecule has 1 unspecified atom stereocenters. The summed E-state index contributed by atoms with van der Waals surface area (Å²) in [5.74, 6) is 1.79. The molecule has 1 aromatic carbocycles. The van der Waals surface area contributed by atoms with Gasteiger partial charge >= 0.3 is 0 Å². The van der Waals surface area contributed by atoms with Crippen LogP contribution in [-0.4, -0.2) is 22.3 Å². The van der Waals surface area contributed by atoms with E-state index in [4.69, 9.17) is 4.42 Å². The summed E-state index contributed by atoms with van der Waals surface area (Å²) in [5, 5.41) is 3.21. The van der Waals surface area contributed by atoms with Crippen molar-refractivity contribution in [2.45, 2.75) is 25.2 Å². The molecule has 2 heterocycles. The molecule has 0 radical (unpaired) electrons. The number of nitrogens with one attached hydrogen (secondary N) is 1. The smallest absolute Gasteiger partial charge is 0.222 e. The molecule has 0 saturated heterocycles. The highest BCUT2D eigenvalue weighted by atomic mass is 16.3. The summed E-state index contributed by atoms with van der Waals surface area (Å²) >= 11 is 0. The maximum absolute atomic E-state index is 12.4. The molecule has 0 fully saturated rings. The number of anilines is 1. The zero-order valence-corrected chi connectivity index (χ0v) is 13.8. The van der Waals surface area contributed by atoms with E-state index in [0.29, 0.717) is 24.5 Å². The molecule has 5 nitrogen and oxygen atoms in total. The predicted molar refractivity (Wildman–Crippen MR) is 94.8 cm³/mol. The second-order valence-corrected chi connectivity index (χ2v) is 6.25. The Morgan fingerprint density at radius 1 is 1.12 bits per heavy atom. The van der Waals surface area contributed by atoms with Gasteiger partial charge in [-0.2, -0.15) is 0 Å². The Labute approximate surface area is 146 Å². The Morgan fingerprint density at radius 3 is 2.80 bits per heavy atom. The van der Waals surface area contributed by atoms with E-state index >= 15 is 0 Å². The van der Waals surface area contributed by atoms with Gasteiger partial charge < -0.3 is 9.73 Å². The molecule has 4 rings (SSSR count). The number of hydrogen-bond donors (Lipinski definition) is 1. The van der Waals surface area contributed by atoms with Gasteiger partial charge in [0.1, 0.15) is 5.76 Å². The van der Waals surface area contributed by atoms with E-state index in [1.807, 2.05) is 30.3 Å². The van der Waals surface area contributed by atoms with Gasteiger partial charge in [-0.1, -0.05) is 30.3 Å². The molecular weight excluding hydrogens is 314 g/mol. The van der Waals surface area contributed by atoms with Gasteiger partial charge in [-0.05, 0) is 30.0 Å². The lowest BCUT2D eigenvalue weighted by atomic mass is 9.82. The molecule has 2 aromatic heterocycles. The van der Waals surface area contributed by atoms with Crippen LogP contribution in [-0.2, 0) is 12.8 Å². The SMILES string of the molecule is O=C1CC(c2ccccc2)Cc2nc(NCCc3ccco3)ncc21. The van der Waals surface area contributed by atoms with Crippen LogP contribution in [0.2, 0.25) is 0 Å². The summed E-state index contributed by atoms with van der Waals surface area (Å²) in [4.78, 5) is 21.3. The zero-order valence-electron chi connectivity index (χ0n) is 13.8. The van der Waals surface area contributed by atoms with Crippen LogP contribution in [0.4, 0.5) is 5.95 Å². The van der Waals surface area contributed by atoms with Crippen LogP contribution < -0.4 is 5.32 Å².